The molecular weight excluding hydrogens is 426 g/mol. The number of hydrogen-bond acceptors (Lipinski definition) is 8. The molecule has 0 fully saturated rings. The molecule has 0 saturated carbocycles. The molecular formula is C23H19N5O3S. The summed E-state index contributed by atoms with van der Waals surface area (Å²) in [6.45, 7) is 1.99. The van der Waals surface area contributed by atoms with Crippen molar-refractivity contribution < 1.29 is 13.7 Å². The molecule has 5 aromatic rings. The van der Waals surface area contributed by atoms with Gasteiger partial charge in [-0.25, -0.2) is 0 Å². The highest BCUT2D eigenvalue weighted by Crippen LogP contribution is 2.37. The van der Waals surface area contributed by atoms with Gasteiger partial charge in [-0.05, 0) is 43.3 Å². The van der Waals surface area contributed by atoms with Crippen molar-refractivity contribution in [1.82, 2.24) is 24.9 Å². The molecule has 0 radical (unpaired) electrons. The molecule has 8 nitrogen and oxygen atoms in total. The van der Waals surface area contributed by atoms with Crippen LogP contribution in [-0.4, -0.2) is 32.0 Å². The Morgan fingerprint density at radius 3 is 2.66 bits per heavy atom. The first-order valence-electron chi connectivity index (χ1n) is 9.92. The summed E-state index contributed by atoms with van der Waals surface area (Å²) < 4.78 is 18.2. The van der Waals surface area contributed by atoms with Crippen LogP contribution in [0.3, 0.4) is 0 Å². The Balaban J connectivity index is 1.50. The van der Waals surface area contributed by atoms with Crippen LogP contribution in [0.2, 0.25) is 0 Å². The molecule has 0 unspecified atom stereocenters. The van der Waals surface area contributed by atoms with Crippen molar-refractivity contribution in [2.75, 3.05) is 7.11 Å². The molecule has 0 N–H and O–H groups in total. The molecule has 0 spiro atoms. The first-order chi connectivity index (χ1) is 15.7. The van der Waals surface area contributed by atoms with E-state index in [-0.39, 0.29) is 5.25 Å². The molecule has 3 aromatic heterocycles. The van der Waals surface area contributed by atoms with Gasteiger partial charge in [0.05, 0.1) is 18.6 Å². The number of hydrogen-bond donors (Lipinski definition) is 0. The average molecular weight is 446 g/mol. The van der Waals surface area contributed by atoms with Gasteiger partial charge in [0, 0.05) is 11.3 Å². The number of ether oxygens (including phenoxy) is 1. The van der Waals surface area contributed by atoms with E-state index in [1.807, 2.05) is 66.1 Å². The zero-order chi connectivity index (χ0) is 21.9. The molecule has 1 atom stereocenters. The third kappa shape index (κ3) is 3.90. The number of thioether (sulfide) groups is 1. The lowest BCUT2D eigenvalue weighted by atomic mass is 10.2. The fourth-order valence-corrected chi connectivity index (χ4v) is 4.12. The zero-order valence-corrected chi connectivity index (χ0v) is 18.2. The second kappa shape index (κ2) is 8.72. The van der Waals surface area contributed by atoms with Crippen molar-refractivity contribution in [3.8, 4) is 34.4 Å². The van der Waals surface area contributed by atoms with Gasteiger partial charge in [-0.3, -0.25) is 4.57 Å². The molecule has 5 rings (SSSR count). The summed E-state index contributed by atoms with van der Waals surface area (Å²) in [5.74, 6) is 2.92. The van der Waals surface area contributed by atoms with Crippen molar-refractivity contribution in [3.63, 3.8) is 0 Å². The van der Waals surface area contributed by atoms with Crippen LogP contribution in [-0.2, 0) is 0 Å². The Bertz CT molecular complexity index is 1310. The predicted molar refractivity (Wildman–Crippen MR) is 120 cm³/mol. The van der Waals surface area contributed by atoms with E-state index in [2.05, 4.69) is 20.3 Å². The van der Waals surface area contributed by atoms with Gasteiger partial charge < -0.3 is 13.7 Å². The fraction of sp³-hybridized carbons (Fsp3) is 0.130. The standard InChI is InChI=1S/C23H19N5O3S/c1-15(22-24-20(27-31-22)19-12-7-13-30-19)32-23-26-25-21(16-8-6-11-18(14-16)29-2)28(23)17-9-4-3-5-10-17/h3-15H,1-2H3/t15-/m0/s1. The summed E-state index contributed by atoms with van der Waals surface area (Å²) in [6, 6.07) is 21.3. The molecule has 160 valence electrons. The van der Waals surface area contributed by atoms with Crippen LogP contribution in [0.25, 0.3) is 28.7 Å². The maximum Gasteiger partial charge on any atom is 0.240 e. The Labute approximate surface area is 188 Å². The van der Waals surface area contributed by atoms with Gasteiger partial charge in [0.1, 0.15) is 5.75 Å². The second-order valence-corrected chi connectivity index (χ2v) is 8.21. The van der Waals surface area contributed by atoms with Gasteiger partial charge in [0.15, 0.2) is 16.7 Å². The SMILES string of the molecule is COc1cccc(-c2nnc(S[C@@H](C)c3nc(-c4ccco4)no3)n2-c2ccccc2)c1. The van der Waals surface area contributed by atoms with E-state index in [4.69, 9.17) is 13.7 Å². The van der Waals surface area contributed by atoms with Crippen molar-refractivity contribution in [2.24, 2.45) is 0 Å². The third-order valence-electron chi connectivity index (χ3n) is 4.79. The quantitative estimate of drug-likeness (QED) is 0.306. The highest BCUT2D eigenvalue weighted by Gasteiger charge is 2.23. The molecule has 0 aliphatic carbocycles. The van der Waals surface area contributed by atoms with Gasteiger partial charge in [-0.1, -0.05) is 47.3 Å². The molecule has 0 amide bonds. The topological polar surface area (TPSA) is 92.0 Å². The van der Waals surface area contributed by atoms with E-state index < -0.39 is 0 Å². The third-order valence-corrected chi connectivity index (χ3v) is 5.82. The van der Waals surface area contributed by atoms with Gasteiger partial charge in [0.2, 0.25) is 11.7 Å². The largest absolute Gasteiger partial charge is 0.497 e. The number of methoxy groups -OCH3 is 1. The number of benzene rings is 2. The highest BCUT2D eigenvalue weighted by molar-refractivity contribution is 7.99. The number of rotatable bonds is 7. The molecule has 0 bridgehead atoms. The summed E-state index contributed by atoms with van der Waals surface area (Å²) in [7, 11) is 1.64. The Hall–Kier alpha value is -3.85. The van der Waals surface area contributed by atoms with E-state index >= 15 is 0 Å². The van der Waals surface area contributed by atoms with Crippen LogP contribution in [0, 0.1) is 0 Å². The Morgan fingerprint density at radius 1 is 1.00 bits per heavy atom. The second-order valence-electron chi connectivity index (χ2n) is 6.90. The smallest absolute Gasteiger partial charge is 0.240 e. The summed E-state index contributed by atoms with van der Waals surface area (Å²) in [6.07, 6.45) is 1.58. The lowest BCUT2D eigenvalue weighted by Crippen LogP contribution is -2.01. The maximum atomic E-state index is 5.47. The van der Waals surface area contributed by atoms with Crippen LogP contribution in [0.15, 0.2) is 87.1 Å². The van der Waals surface area contributed by atoms with E-state index in [1.54, 1.807) is 25.5 Å². The minimum absolute atomic E-state index is 0.156. The van der Waals surface area contributed by atoms with Crippen molar-refractivity contribution in [1.29, 1.82) is 0 Å². The molecule has 2 aromatic carbocycles. The van der Waals surface area contributed by atoms with Gasteiger partial charge >= 0.3 is 0 Å². The number of para-hydroxylation sites is 1. The van der Waals surface area contributed by atoms with E-state index in [0.29, 0.717) is 28.5 Å². The van der Waals surface area contributed by atoms with Crippen molar-refractivity contribution in [2.45, 2.75) is 17.3 Å². The first-order valence-corrected chi connectivity index (χ1v) is 10.8. The van der Waals surface area contributed by atoms with Crippen LogP contribution in [0.5, 0.6) is 5.75 Å². The minimum atomic E-state index is -0.156. The average Bonchev–Trinajstić information content (AvgIpc) is 3.60. The molecule has 0 aliphatic heterocycles. The maximum absolute atomic E-state index is 5.47. The first kappa shape index (κ1) is 20.1. The summed E-state index contributed by atoms with van der Waals surface area (Å²) in [5.41, 5.74) is 1.85. The van der Waals surface area contributed by atoms with Crippen LogP contribution < -0.4 is 4.74 Å². The number of furan rings is 1. The zero-order valence-electron chi connectivity index (χ0n) is 17.4. The van der Waals surface area contributed by atoms with Gasteiger partial charge in [-0.15, -0.1) is 10.2 Å². The predicted octanol–water partition coefficient (Wildman–Crippen LogP) is 5.44. The van der Waals surface area contributed by atoms with Gasteiger partial charge in [-0.2, -0.15) is 4.98 Å². The molecule has 3 heterocycles. The van der Waals surface area contributed by atoms with Crippen LogP contribution >= 0.6 is 11.8 Å². The van der Waals surface area contributed by atoms with Crippen LogP contribution in [0.4, 0.5) is 0 Å². The lowest BCUT2D eigenvalue weighted by molar-refractivity contribution is 0.379. The van der Waals surface area contributed by atoms with E-state index in [9.17, 15) is 0 Å². The van der Waals surface area contributed by atoms with E-state index in [0.717, 1.165) is 17.0 Å². The molecule has 0 aliphatic rings. The Morgan fingerprint density at radius 2 is 1.88 bits per heavy atom. The fourth-order valence-electron chi connectivity index (χ4n) is 3.22. The molecule has 0 saturated heterocycles. The van der Waals surface area contributed by atoms with Crippen LogP contribution in [0.1, 0.15) is 18.1 Å². The summed E-state index contributed by atoms with van der Waals surface area (Å²) in [4.78, 5) is 4.47. The van der Waals surface area contributed by atoms with Crippen molar-refractivity contribution >= 4 is 11.8 Å². The number of nitrogens with zero attached hydrogens (tertiary/aromatic N) is 5. The monoisotopic (exact) mass is 445 g/mol. The number of aromatic nitrogens is 5. The van der Waals surface area contributed by atoms with E-state index in [1.165, 1.54) is 11.8 Å². The minimum Gasteiger partial charge on any atom is -0.497 e. The Kier molecular flexibility index (Phi) is 5.47. The van der Waals surface area contributed by atoms with Crippen molar-refractivity contribution in [3.05, 3.63) is 78.9 Å². The normalized spacial score (nSPS) is 12.1. The highest BCUT2D eigenvalue weighted by atomic mass is 32.2. The molecule has 32 heavy (non-hydrogen) atoms. The van der Waals surface area contributed by atoms with Gasteiger partial charge in [0.25, 0.3) is 0 Å². The summed E-state index contributed by atoms with van der Waals surface area (Å²) >= 11 is 1.49. The summed E-state index contributed by atoms with van der Waals surface area (Å²) in [5, 5.41) is 13.5. The molecule has 9 heteroatoms. The lowest BCUT2D eigenvalue weighted by Gasteiger charge is -2.12.